The number of fused-ring (bicyclic) bond motifs is 1. The summed E-state index contributed by atoms with van der Waals surface area (Å²) in [4.78, 5) is 0. The molecule has 0 N–H and O–H groups in total. The van der Waals surface area contributed by atoms with Crippen molar-refractivity contribution in [2.24, 2.45) is 0 Å². The summed E-state index contributed by atoms with van der Waals surface area (Å²) in [5.41, 5.74) is 5.07. The maximum atomic E-state index is 5.52. The van der Waals surface area contributed by atoms with Gasteiger partial charge in [0.15, 0.2) is 0 Å². The molecule has 0 radical (unpaired) electrons. The third kappa shape index (κ3) is 1.78. The Balaban J connectivity index is 2.71. The fourth-order valence-electron chi connectivity index (χ4n) is 2.06. The van der Waals surface area contributed by atoms with E-state index in [0.29, 0.717) is 5.92 Å². The highest BCUT2D eigenvalue weighted by molar-refractivity contribution is 5.76. The summed E-state index contributed by atoms with van der Waals surface area (Å²) in [6, 6.07) is 10.8. The molecule has 2 rings (SSSR count). The fourth-order valence-corrected chi connectivity index (χ4v) is 2.06. The van der Waals surface area contributed by atoms with Crippen molar-refractivity contribution in [1.29, 1.82) is 0 Å². The molecular formula is C15H18O. The van der Waals surface area contributed by atoms with E-state index in [9.17, 15) is 0 Å². The number of hydrogen-bond acceptors (Lipinski definition) is 1. The van der Waals surface area contributed by atoms with Gasteiger partial charge in [0.2, 0.25) is 0 Å². The quantitative estimate of drug-likeness (QED) is 0.726. The van der Waals surface area contributed by atoms with Crippen LogP contribution in [-0.2, 0) is 0 Å². The van der Waals surface area contributed by atoms with Gasteiger partial charge in [-0.2, -0.15) is 0 Å². The molecule has 2 aliphatic rings. The van der Waals surface area contributed by atoms with Crippen LogP contribution in [0.5, 0.6) is 5.75 Å². The summed E-state index contributed by atoms with van der Waals surface area (Å²) in [7, 11) is 1.74. The lowest BCUT2D eigenvalue weighted by atomic mass is 10.1. The lowest BCUT2D eigenvalue weighted by molar-refractivity contribution is 0.416. The lowest BCUT2D eigenvalue weighted by Gasteiger charge is -2.06. The Morgan fingerprint density at radius 3 is 2.38 bits per heavy atom. The van der Waals surface area contributed by atoms with E-state index in [1.165, 1.54) is 22.3 Å². The molecule has 0 aromatic rings. The average Bonchev–Trinajstić information content (AvgIpc) is 2.51. The van der Waals surface area contributed by atoms with Crippen molar-refractivity contribution in [3.8, 4) is 16.9 Å². The van der Waals surface area contributed by atoms with Crippen LogP contribution in [0.3, 0.4) is 0 Å². The van der Waals surface area contributed by atoms with Gasteiger partial charge in [-0.25, -0.2) is 0 Å². The number of ether oxygens (including phenoxy) is 1. The fraction of sp³-hybridized carbons (Fsp3) is 0.333. The monoisotopic (exact) mass is 214 g/mol. The molecule has 0 saturated heterocycles. The van der Waals surface area contributed by atoms with Gasteiger partial charge in [-0.15, -0.1) is 0 Å². The molecule has 0 bridgehead atoms. The number of aryl methyl sites for hydroxylation is 1. The Morgan fingerprint density at radius 2 is 1.75 bits per heavy atom. The van der Waals surface area contributed by atoms with Gasteiger partial charge in [-0.1, -0.05) is 38.1 Å². The molecule has 1 nitrogen and oxygen atoms in total. The first kappa shape index (κ1) is 11.0. The molecule has 16 heavy (non-hydrogen) atoms. The maximum Gasteiger partial charge on any atom is 0.127 e. The Kier molecular flexibility index (Phi) is 2.86. The SMILES string of the molecule is COc1cc(C(C)C)ccc2ccc(C)c1-2. The molecule has 0 atom stereocenters. The van der Waals surface area contributed by atoms with Crippen molar-refractivity contribution in [3.63, 3.8) is 0 Å². The Bertz CT molecular complexity index is 471. The summed E-state index contributed by atoms with van der Waals surface area (Å²) in [6.07, 6.45) is 0. The van der Waals surface area contributed by atoms with Crippen molar-refractivity contribution in [1.82, 2.24) is 0 Å². The Morgan fingerprint density at radius 1 is 1.06 bits per heavy atom. The van der Waals surface area contributed by atoms with Crippen molar-refractivity contribution in [2.45, 2.75) is 26.7 Å². The van der Waals surface area contributed by atoms with E-state index in [4.69, 9.17) is 4.74 Å². The van der Waals surface area contributed by atoms with Gasteiger partial charge in [0.05, 0.1) is 7.11 Å². The molecule has 84 valence electrons. The number of hydrogen-bond donors (Lipinski definition) is 0. The van der Waals surface area contributed by atoms with E-state index in [1.807, 2.05) is 0 Å². The number of methoxy groups -OCH3 is 1. The average molecular weight is 214 g/mol. The highest BCUT2D eigenvalue weighted by Crippen LogP contribution is 2.36. The van der Waals surface area contributed by atoms with Crippen LogP contribution in [0.1, 0.15) is 30.9 Å². The minimum Gasteiger partial charge on any atom is -0.496 e. The summed E-state index contributed by atoms with van der Waals surface area (Å²) < 4.78 is 5.52. The summed E-state index contributed by atoms with van der Waals surface area (Å²) in [5, 5.41) is 0. The Labute approximate surface area is 97.4 Å². The van der Waals surface area contributed by atoms with Crippen LogP contribution in [0.25, 0.3) is 11.1 Å². The first-order chi connectivity index (χ1) is 7.63. The Hall–Kier alpha value is -1.50. The summed E-state index contributed by atoms with van der Waals surface area (Å²) in [5.74, 6) is 1.50. The van der Waals surface area contributed by atoms with Gasteiger partial charge in [-0.3, -0.25) is 0 Å². The van der Waals surface area contributed by atoms with Gasteiger partial charge >= 0.3 is 0 Å². The highest BCUT2D eigenvalue weighted by Gasteiger charge is 2.12. The molecule has 1 heteroatoms. The molecule has 0 spiro atoms. The minimum atomic E-state index is 0.519. The van der Waals surface area contributed by atoms with E-state index in [2.05, 4.69) is 51.1 Å². The third-order valence-corrected chi connectivity index (χ3v) is 3.08. The van der Waals surface area contributed by atoms with Gasteiger partial charge in [0.25, 0.3) is 0 Å². The van der Waals surface area contributed by atoms with E-state index < -0.39 is 0 Å². The van der Waals surface area contributed by atoms with Crippen LogP contribution in [0.4, 0.5) is 0 Å². The van der Waals surface area contributed by atoms with Crippen LogP contribution >= 0.6 is 0 Å². The van der Waals surface area contributed by atoms with E-state index in [-0.39, 0.29) is 0 Å². The van der Waals surface area contributed by atoms with E-state index in [1.54, 1.807) is 7.11 Å². The van der Waals surface area contributed by atoms with Gasteiger partial charge in [0.1, 0.15) is 5.75 Å². The zero-order valence-electron chi connectivity index (χ0n) is 10.4. The molecule has 2 aliphatic carbocycles. The van der Waals surface area contributed by atoms with Gasteiger partial charge in [-0.05, 0) is 35.6 Å². The molecule has 0 aromatic heterocycles. The standard InChI is InChI=1S/C15H18O/c1-10(2)13-8-7-12-6-5-11(3)15(12)14(9-13)16-4/h5-10H,1-4H3. The van der Waals surface area contributed by atoms with Crippen LogP contribution < -0.4 is 4.74 Å². The van der Waals surface area contributed by atoms with Crippen LogP contribution in [0.15, 0.2) is 30.3 Å². The topological polar surface area (TPSA) is 9.23 Å². The molecule has 0 heterocycles. The summed E-state index contributed by atoms with van der Waals surface area (Å²) >= 11 is 0. The molecule has 0 aromatic carbocycles. The lowest BCUT2D eigenvalue weighted by Crippen LogP contribution is -1.87. The molecular weight excluding hydrogens is 196 g/mol. The van der Waals surface area contributed by atoms with Crippen molar-refractivity contribution in [2.75, 3.05) is 7.11 Å². The van der Waals surface area contributed by atoms with Crippen LogP contribution in [0.2, 0.25) is 0 Å². The second kappa shape index (κ2) is 4.17. The van der Waals surface area contributed by atoms with E-state index in [0.717, 1.165) is 5.75 Å². The zero-order valence-corrected chi connectivity index (χ0v) is 10.4. The number of rotatable bonds is 2. The highest BCUT2D eigenvalue weighted by atomic mass is 16.5. The van der Waals surface area contributed by atoms with Crippen molar-refractivity contribution >= 4 is 0 Å². The molecule has 0 aliphatic heterocycles. The smallest absolute Gasteiger partial charge is 0.127 e. The van der Waals surface area contributed by atoms with Crippen LogP contribution in [0, 0.1) is 6.92 Å². The first-order valence-electron chi connectivity index (χ1n) is 5.70. The summed E-state index contributed by atoms with van der Waals surface area (Å²) in [6.45, 7) is 6.53. The second-order valence-corrected chi connectivity index (χ2v) is 4.55. The molecule has 0 amide bonds. The second-order valence-electron chi connectivity index (χ2n) is 4.55. The predicted molar refractivity (Wildman–Crippen MR) is 68.4 cm³/mol. The van der Waals surface area contributed by atoms with Crippen molar-refractivity contribution < 1.29 is 4.74 Å². The predicted octanol–water partition coefficient (Wildman–Crippen LogP) is 4.23. The normalized spacial score (nSPS) is 11.1. The molecule has 0 unspecified atom stereocenters. The van der Waals surface area contributed by atoms with Gasteiger partial charge < -0.3 is 4.74 Å². The molecule has 0 saturated carbocycles. The van der Waals surface area contributed by atoms with Crippen molar-refractivity contribution in [3.05, 3.63) is 41.5 Å². The van der Waals surface area contributed by atoms with Gasteiger partial charge in [0, 0.05) is 5.56 Å². The minimum absolute atomic E-state index is 0.519. The zero-order chi connectivity index (χ0) is 11.7. The van der Waals surface area contributed by atoms with E-state index >= 15 is 0 Å². The first-order valence-corrected chi connectivity index (χ1v) is 5.70. The van der Waals surface area contributed by atoms with Crippen LogP contribution in [-0.4, -0.2) is 7.11 Å². The maximum absolute atomic E-state index is 5.52. The third-order valence-electron chi connectivity index (χ3n) is 3.08. The molecule has 0 fully saturated rings. The largest absolute Gasteiger partial charge is 0.496 e.